The van der Waals surface area contributed by atoms with E-state index in [0.717, 1.165) is 22.4 Å². The second kappa shape index (κ2) is 8.00. The summed E-state index contributed by atoms with van der Waals surface area (Å²) >= 11 is 0. The van der Waals surface area contributed by atoms with E-state index in [-0.39, 0.29) is 0 Å². The zero-order chi connectivity index (χ0) is 19.5. The van der Waals surface area contributed by atoms with E-state index in [2.05, 4.69) is 15.0 Å². The van der Waals surface area contributed by atoms with Crippen molar-refractivity contribution in [2.24, 2.45) is 0 Å². The molecule has 1 N–H and O–H groups in total. The van der Waals surface area contributed by atoms with Gasteiger partial charge in [-0.3, -0.25) is 4.90 Å². The first kappa shape index (κ1) is 18.5. The molecular formula is C21H23N3O4. The number of hydrogen-bond acceptors (Lipinski definition) is 7. The summed E-state index contributed by atoms with van der Waals surface area (Å²) in [7, 11) is 3.23. The Balaban J connectivity index is 1.50. The molecule has 2 heterocycles. The molecule has 0 saturated carbocycles. The van der Waals surface area contributed by atoms with Crippen molar-refractivity contribution in [3.8, 4) is 11.5 Å². The van der Waals surface area contributed by atoms with Gasteiger partial charge in [-0.1, -0.05) is 35.5 Å². The molecule has 1 aromatic heterocycles. The lowest BCUT2D eigenvalue weighted by Gasteiger charge is -2.33. The van der Waals surface area contributed by atoms with Gasteiger partial charge >= 0.3 is 0 Å². The Hall–Kier alpha value is -2.90. The smallest absolute Gasteiger partial charge is 0.240 e. The Labute approximate surface area is 163 Å². The molecule has 3 aromatic rings. The van der Waals surface area contributed by atoms with E-state index in [1.165, 1.54) is 0 Å². The molecule has 7 heteroatoms. The molecule has 0 amide bonds. The summed E-state index contributed by atoms with van der Waals surface area (Å²) < 4.78 is 16.3. The van der Waals surface area contributed by atoms with E-state index < -0.39 is 6.10 Å². The molecule has 1 aliphatic rings. The van der Waals surface area contributed by atoms with Gasteiger partial charge in [0, 0.05) is 30.6 Å². The summed E-state index contributed by atoms with van der Waals surface area (Å²) in [6.45, 7) is 1.51. The maximum Gasteiger partial charge on any atom is 0.240 e. The van der Waals surface area contributed by atoms with E-state index in [0.29, 0.717) is 43.5 Å². The van der Waals surface area contributed by atoms with E-state index in [4.69, 9.17) is 14.0 Å². The Morgan fingerprint density at radius 1 is 1.11 bits per heavy atom. The number of β-amino-alcohol motifs (C(OH)–C–C–N with tert-alkyl or cyclic N) is 1. The van der Waals surface area contributed by atoms with Gasteiger partial charge in [0.05, 0.1) is 26.9 Å². The summed E-state index contributed by atoms with van der Waals surface area (Å²) in [5.74, 6) is 2.59. The molecular weight excluding hydrogens is 358 g/mol. The molecule has 2 aromatic carbocycles. The molecule has 1 aliphatic heterocycles. The van der Waals surface area contributed by atoms with Crippen LogP contribution in [0.5, 0.6) is 11.5 Å². The maximum atomic E-state index is 10.7. The highest BCUT2D eigenvalue weighted by Crippen LogP contribution is 2.39. The highest BCUT2D eigenvalue weighted by Gasteiger charge is 2.30. The monoisotopic (exact) mass is 381 g/mol. The SMILES string of the molecule is COc1ccc(OC)c2c1CN(Cc1nc(Cc3ccccc3)no1)CC2O. The molecule has 1 unspecified atom stereocenters. The number of rotatable bonds is 6. The lowest BCUT2D eigenvalue weighted by Crippen LogP contribution is -2.33. The van der Waals surface area contributed by atoms with Crippen LogP contribution in [-0.4, -0.2) is 40.9 Å². The van der Waals surface area contributed by atoms with Crippen molar-refractivity contribution in [1.29, 1.82) is 0 Å². The molecule has 4 rings (SSSR count). The third-order valence-corrected chi connectivity index (χ3v) is 4.93. The van der Waals surface area contributed by atoms with Crippen molar-refractivity contribution in [2.75, 3.05) is 20.8 Å². The average molecular weight is 381 g/mol. The quantitative estimate of drug-likeness (QED) is 0.703. The minimum Gasteiger partial charge on any atom is -0.496 e. The highest BCUT2D eigenvalue weighted by molar-refractivity contribution is 5.51. The van der Waals surface area contributed by atoms with Crippen LogP contribution in [0.2, 0.25) is 0 Å². The van der Waals surface area contributed by atoms with Crippen LogP contribution in [0.25, 0.3) is 0 Å². The summed E-state index contributed by atoms with van der Waals surface area (Å²) in [4.78, 5) is 6.56. The van der Waals surface area contributed by atoms with Gasteiger partial charge in [0.25, 0.3) is 0 Å². The predicted molar refractivity (Wildman–Crippen MR) is 102 cm³/mol. The van der Waals surface area contributed by atoms with Gasteiger partial charge in [-0.2, -0.15) is 4.98 Å². The predicted octanol–water partition coefficient (Wildman–Crippen LogP) is 2.73. The average Bonchev–Trinajstić information content (AvgIpc) is 3.14. The van der Waals surface area contributed by atoms with Crippen molar-refractivity contribution < 1.29 is 19.1 Å². The Morgan fingerprint density at radius 3 is 2.61 bits per heavy atom. The number of ether oxygens (including phenoxy) is 2. The van der Waals surface area contributed by atoms with Gasteiger partial charge < -0.3 is 19.1 Å². The number of aliphatic hydroxyl groups is 1. The van der Waals surface area contributed by atoms with Crippen LogP contribution in [0.15, 0.2) is 47.0 Å². The van der Waals surface area contributed by atoms with Crippen LogP contribution >= 0.6 is 0 Å². The fourth-order valence-corrected chi connectivity index (χ4v) is 3.66. The topological polar surface area (TPSA) is 80.9 Å². The van der Waals surface area contributed by atoms with Crippen LogP contribution in [0.4, 0.5) is 0 Å². The molecule has 1 atom stereocenters. The Bertz CT molecular complexity index is 942. The summed E-state index contributed by atoms with van der Waals surface area (Å²) in [6, 6.07) is 13.7. The number of nitrogens with zero attached hydrogens (tertiary/aromatic N) is 3. The third-order valence-electron chi connectivity index (χ3n) is 4.93. The molecule has 146 valence electrons. The van der Waals surface area contributed by atoms with Crippen molar-refractivity contribution in [3.05, 3.63) is 70.9 Å². The van der Waals surface area contributed by atoms with Crippen LogP contribution in [0.1, 0.15) is 34.5 Å². The van der Waals surface area contributed by atoms with Crippen LogP contribution in [0, 0.1) is 0 Å². The first-order chi connectivity index (χ1) is 13.7. The molecule has 0 fully saturated rings. The van der Waals surface area contributed by atoms with Crippen molar-refractivity contribution in [2.45, 2.75) is 25.6 Å². The number of methoxy groups -OCH3 is 2. The van der Waals surface area contributed by atoms with Crippen LogP contribution < -0.4 is 9.47 Å². The van der Waals surface area contributed by atoms with E-state index in [1.807, 2.05) is 42.5 Å². The van der Waals surface area contributed by atoms with E-state index >= 15 is 0 Å². The number of aromatic nitrogens is 2. The molecule has 0 saturated heterocycles. The summed E-state index contributed by atoms with van der Waals surface area (Å²) in [5, 5.41) is 14.8. The molecule has 0 bridgehead atoms. The van der Waals surface area contributed by atoms with Crippen molar-refractivity contribution >= 4 is 0 Å². The molecule has 0 radical (unpaired) electrons. The lowest BCUT2D eigenvalue weighted by molar-refractivity contribution is 0.0779. The fraction of sp³-hybridized carbons (Fsp3) is 0.333. The second-order valence-electron chi connectivity index (χ2n) is 6.81. The highest BCUT2D eigenvalue weighted by atomic mass is 16.5. The van der Waals surface area contributed by atoms with Crippen molar-refractivity contribution in [1.82, 2.24) is 15.0 Å². The van der Waals surface area contributed by atoms with E-state index in [1.54, 1.807) is 14.2 Å². The van der Waals surface area contributed by atoms with Gasteiger partial charge in [0.15, 0.2) is 5.82 Å². The normalized spacial score (nSPS) is 16.6. The Morgan fingerprint density at radius 2 is 1.86 bits per heavy atom. The lowest BCUT2D eigenvalue weighted by atomic mass is 9.95. The number of benzene rings is 2. The molecule has 7 nitrogen and oxygen atoms in total. The molecule has 28 heavy (non-hydrogen) atoms. The molecule has 0 aliphatic carbocycles. The van der Waals surface area contributed by atoms with Crippen LogP contribution in [0.3, 0.4) is 0 Å². The second-order valence-corrected chi connectivity index (χ2v) is 6.81. The van der Waals surface area contributed by atoms with E-state index in [9.17, 15) is 5.11 Å². The van der Waals surface area contributed by atoms with Gasteiger partial charge in [0.2, 0.25) is 5.89 Å². The minimum atomic E-state index is -0.680. The zero-order valence-corrected chi connectivity index (χ0v) is 16.0. The number of fused-ring (bicyclic) bond motifs is 1. The van der Waals surface area contributed by atoms with Crippen molar-refractivity contribution in [3.63, 3.8) is 0 Å². The fourth-order valence-electron chi connectivity index (χ4n) is 3.66. The Kier molecular flexibility index (Phi) is 5.27. The van der Waals surface area contributed by atoms with Gasteiger partial charge in [-0.25, -0.2) is 0 Å². The standard InChI is InChI=1S/C21H23N3O4/c1-26-17-8-9-18(27-2)21-15(17)11-24(12-16(21)25)13-20-22-19(23-28-20)10-14-6-4-3-5-7-14/h3-9,16,25H,10-13H2,1-2H3. The van der Waals surface area contributed by atoms with Gasteiger partial charge in [0.1, 0.15) is 11.5 Å². The third kappa shape index (κ3) is 3.72. The largest absolute Gasteiger partial charge is 0.496 e. The first-order valence-corrected chi connectivity index (χ1v) is 9.17. The van der Waals surface area contributed by atoms with Gasteiger partial charge in [-0.15, -0.1) is 0 Å². The molecule has 0 spiro atoms. The number of hydrogen-bond donors (Lipinski definition) is 1. The first-order valence-electron chi connectivity index (χ1n) is 9.17. The van der Waals surface area contributed by atoms with Gasteiger partial charge in [-0.05, 0) is 17.7 Å². The number of aliphatic hydroxyl groups excluding tert-OH is 1. The van der Waals surface area contributed by atoms with Crippen LogP contribution in [-0.2, 0) is 19.5 Å². The zero-order valence-electron chi connectivity index (χ0n) is 16.0. The maximum absolute atomic E-state index is 10.7. The summed E-state index contributed by atoms with van der Waals surface area (Å²) in [6.07, 6.45) is -0.0543. The summed E-state index contributed by atoms with van der Waals surface area (Å²) in [5.41, 5.74) is 2.84. The minimum absolute atomic E-state index is 0.451.